The number of benzene rings is 1. The second kappa shape index (κ2) is 12.3. The van der Waals surface area contributed by atoms with Crippen molar-refractivity contribution in [3.05, 3.63) is 52.7 Å². The first-order valence-electron chi connectivity index (χ1n) is 10.1. The van der Waals surface area contributed by atoms with Crippen LogP contribution >= 0.6 is 35.3 Å². The first-order valence-corrected chi connectivity index (χ1v) is 11.0. The van der Waals surface area contributed by atoms with Crippen molar-refractivity contribution in [2.24, 2.45) is 10.9 Å². The molecule has 1 unspecified atom stereocenters. The van der Waals surface area contributed by atoms with Gasteiger partial charge in [-0.25, -0.2) is 0 Å². The average Bonchev–Trinajstić information content (AvgIpc) is 3.20. The molecule has 6 heteroatoms. The first kappa shape index (κ1) is 23.0. The third-order valence-corrected chi connectivity index (χ3v) is 5.89. The molecule has 154 valence electrons. The van der Waals surface area contributed by atoms with E-state index in [0.717, 1.165) is 51.4 Å². The van der Waals surface area contributed by atoms with Crippen LogP contribution < -0.4 is 15.5 Å². The maximum absolute atomic E-state index is 4.85. The molecule has 1 aromatic carbocycles. The summed E-state index contributed by atoms with van der Waals surface area (Å²) in [7, 11) is 0. The molecule has 0 amide bonds. The molecule has 1 aliphatic rings. The molecule has 1 aromatic heterocycles. The van der Waals surface area contributed by atoms with Gasteiger partial charge in [0.05, 0.1) is 0 Å². The monoisotopic (exact) mass is 512 g/mol. The minimum absolute atomic E-state index is 0. The van der Waals surface area contributed by atoms with Crippen molar-refractivity contribution in [3.63, 3.8) is 0 Å². The van der Waals surface area contributed by atoms with Gasteiger partial charge in [0.15, 0.2) is 5.96 Å². The quantitative estimate of drug-likeness (QED) is 0.319. The Labute approximate surface area is 190 Å². The van der Waals surface area contributed by atoms with Gasteiger partial charge in [-0.3, -0.25) is 4.99 Å². The van der Waals surface area contributed by atoms with Crippen LogP contribution in [0, 0.1) is 5.92 Å². The number of nitrogens with zero attached hydrogens (tertiary/aromatic N) is 2. The maximum atomic E-state index is 4.85. The topological polar surface area (TPSA) is 39.7 Å². The summed E-state index contributed by atoms with van der Waals surface area (Å²) < 4.78 is 0. The predicted molar refractivity (Wildman–Crippen MR) is 133 cm³/mol. The number of halogens is 1. The molecule has 1 atom stereocenters. The number of thiophene rings is 1. The van der Waals surface area contributed by atoms with Gasteiger partial charge in [0, 0.05) is 42.8 Å². The van der Waals surface area contributed by atoms with Gasteiger partial charge in [0.1, 0.15) is 0 Å². The van der Waals surface area contributed by atoms with Crippen LogP contribution in [0.5, 0.6) is 0 Å². The van der Waals surface area contributed by atoms with Gasteiger partial charge in [-0.15, -0.1) is 35.3 Å². The van der Waals surface area contributed by atoms with E-state index in [-0.39, 0.29) is 24.0 Å². The number of nitrogens with one attached hydrogen (secondary N) is 2. The molecular weight excluding hydrogens is 479 g/mol. The number of anilines is 1. The van der Waals surface area contributed by atoms with Crippen LogP contribution in [0.4, 0.5) is 5.69 Å². The van der Waals surface area contributed by atoms with E-state index in [9.17, 15) is 0 Å². The van der Waals surface area contributed by atoms with Crippen LogP contribution in [-0.4, -0.2) is 38.2 Å². The first-order chi connectivity index (χ1) is 13.2. The lowest BCUT2D eigenvalue weighted by Crippen LogP contribution is -2.48. The summed E-state index contributed by atoms with van der Waals surface area (Å²) in [4.78, 5) is 8.78. The number of rotatable bonds is 7. The standard InChI is InChI=1S/C22H32N4S.HI/c1-3-23-22(24-17-18(2)16-21-10-7-15-27-21)25-19-11-13-26(14-12-19)20-8-5-4-6-9-20;/h4-10,15,18-19H,3,11-14,16-17H2,1-2H3,(H2,23,24,25);1H. The molecule has 2 N–H and O–H groups in total. The highest BCUT2D eigenvalue weighted by molar-refractivity contribution is 14.0. The van der Waals surface area contributed by atoms with Gasteiger partial charge in [0.25, 0.3) is 0 Å². The van der Waals surface area contributed by atoms with E-state index in [2.05, 4.69) is 77.2 Å². The van der Waals surface area contributed by atoms with E-state index in [1.807, 2.05) is 11.3 Å². The summed E-state index contributed by atoms with van der Waals surface area (Å²) in [5.41, 5.74) is 1.33. The normalized spacial score (nSPS) is 16.4. The zero-order valence-corrected chi connectivity index (χ0v) is 20.1. The largest absolute Gasteiger partial charge is 0.371 e. The number of aliphatic imine (C=N–C) groups is 1. The van der Waals surface area contributed by atoms with Crippen LogP contribution in [0.15, 0.2) is 52.8 Å². The van der Waals surface area contributed by atoms with Crippen LogP contribution in [0.3, 0.4) is 0 Å². The third kappa shape index (κ3) is 7.28. The maximum Gasteiger partial charge on any atom is 0.191 e. The zero-order valence-electron chi connectivity index (χ0n) is 16.9. The molecule has 28 heavy (non-hydrogen) atoms. The zero-order chi connectivity index (χ0) is 18.9. The van der Waals surface area contributed by atoms with Gasteiger partial charge in [-0.1, -0.05) is 31.2 Å². The minimum atomic E-state index is 0. The van der Waals surface area contributed by atoms with E-state index in [0.29, 0.717) is 12.0 Å². The lowest BCUT2D eigenvalue weighted by atomic mass is 10.0. The van der Waals surface area contributed by atoms with E-state index in [1.54, 1.807) is 0 Å². The average molecular weight is 513 g/mol. The minimum Gasteiger partial charge on any atom is -0.371 e. The van der Waals surface area contributed by atoms with Gasteiger partial charge >= 0.3 is 0 Å². The molecule has 0 spiro atoms. The number of guanidine groups is 1. The Bertz CT molecular complexity index is 682. The second-order valence-electron chi connectivity index (χ2n) is 7.35. The van der Waals surface area contributed by atoms with Gasteiger partial charge < -0.3 is 15.5 Å². The molecule has 1 saturated heterocycles. The van der Waals surface area contributed by atoms with Gasteiger partial charge in [0.2, 0.25) is 0 Å². The SMILES string of the molecule is CCNC(=NCC(C)Cc1cccs1)NC1CCN(c2ccccc2)CC1.I. The molecule has 3 rings (SSSR count). The van der Waals surface area contributed by atoms with E-state index in [1.165, 1.54) is 10.6 Å². The van der Waals surface area contributed by atoms with Crippen LogP contribution in [0.1, 0.15) is 31.6 Å². The molecule has 2 heterocycles. The van der Waals surface area contributed by atoms with Crippen molar-refractivity contribution in [1.29, 1.82) is 0 Å². The van der Waals surface area contributed by atoms with E-state index < -0.39 is 0 Å². The number of piperidine rings is 1. The predicted octanol–water partition coefficient (Wildman–Crippen LogP) is 4.77. The van der Waals surface area contributed by atoms with E-state index in [4.69, 9.17) is 4.99 Å². The fourth-order valence-electron chi connectivity index (χ4n) is 3.52. The number of hydrogen-bond acceptors (Lipinski definition) is 3. The fourth-order valence-corrected chi connectivity index (χ4v) is 4.39. The Kier molecular flexibility index (Phi) is 10.1. The molecule has 4 nitrogen and oxygen atoms in total. The lowest BCUT2D eigenvalue weighted by molar-refractivity contribution is 0.460. The van der Waals surface area contributed by atoms with Crippen molar-refractivity contribution >= 4 is 47.0 Å². The molecule has 0 saturated carbocycles. The van der Waals surface area contributed by atoms with Crippen molar-refractivity contribution in [2.45, 2.75) is 39.2 Å². The Balaban J connectivity index is 0.00000280. The molecule has 1 fully saturated rings. The highest BCUT2D eigenvalue weighted by Gasteiger charge is 2.20. The van der Waals surface area contributed by atoms with Gasteiger partial charge in [-0.2, -0.15) is 0 Å². The molecule has 0 bridgehead atoms. The Morgan fingerprint density at radius 2 is 1.93 bits per heavy atom. The molecule has 1 aliphatic heterocycles. The van der Waals surface area contributed by atoms with Crippen LogP contribution in [0.2, 0.25) is 0 Å². The fraction of sp³-hybridized carbons (Fsp3) is 0.500. The lowest BCUT2D eigenvalue weighted by Gasteiger charge is -2.34. The third-order valence-electron chi connectivity index (χ3n) is 4.99. The van der Waals surface area contributed by atoms with Crippen molar-refractivity contribution in [3.8, 4) is 0 Å². The second-order valence-corrected chi connectivity index (χ2v) is 8.38. The Morgan fingerprint density at radius 1 is 1.18 bits per heavy atom. The molecule has 0 aliphatic carbocycles. The van der Waals surface area contributed by atoms with Crippen molar-refractivity contribution < 1.29 is 0 Å². The molecule has 0 radical (unpaired) electrons. The molecule has 2 aromatic rings. The highest BCUT2D eigenvalue weighted by Crippen LogP contribution is 2.19. The summed E-state index contributed by atoms with van der Waals surface area (Å²) in [6.45, 7) is 8.35. The van der Waals surface area contributed by atoms with Crippen LogP contribution in [0.25, 0.3) is 0 Å². The van der Waals surface area contributed by atoms with Crippen molar-refractivity contribution in [2.75, 3.05) is 31.1 Å². The Hall–Kier alpha value is -1.28. The Morgan fingerprint density at radius 3 is 2.57 bits per heavy atom. The summed E-state index contributed by atoms with van der Waals surface area (Å²) in [6.07, 6.45) is 3.39. The number of para-hydroxylation sites is 1. The summed E-state index contributed by atoms with van der Waals surface area (Å²) in [6, 6.07) is 15.6. The molecular formula is C22H33IN4S. The van der Waals surface area contributed by atoms with E-state index >= 15 is 0 Å². The summed E-state index contributed by atoms with van der Waals surface area (Å²) >= 11 is 1.84. The smallest absolute Gasteiger partial charge is 0.191 e. The summed E-state index contributed by atoms with van der Waals surface area (Å²) in [5, 5.41) is 9.22. The number of hydrogen-bond donors (Lipinski definition) is 2. The van der Waals surface area contributed by atoms with Gasteiger partial charge in [-0.05, 0) is 55.7 Å². The highest BCUT2D eigenvalue weighted by atomic mass is 127. The summed E-state index contributed by atoms with van der Waals surface area (Å²) in [5.74, 6) is 1.52. The van der Waals surface area contributed by atoms with Crippen molar-refractivity contribution in [1.82, 2.24) is 10.6 Å². The van der Waals surface area contributed by atoms with Crippen LogP contribution in [-0.2, 0) is 6.42 Å².